The zero-order chi connectivity index (χ0) is 21.2. The molecular weight excluding hydrogens is 405 g/mol. The molecule has 1 aromatic heterocycles. The van der Waals surface area contributed by atoms with E-state index < -0.39 is 23.3 Å². The Balaban J connectivity index is 1.85. The van der Waals surface area contributed by atoms with Crippen molar-refractivity contribution in [2.24, 2.45) is 0 Å². The van der Waals surface area contributed by atoms with Crippen LogP contribution in [0.25, 0.3) is 5.69 Å². The van der Waals surface area contributed by atoms with Gasteiger partial charge >= 0.3 is 6.18 Å². The summed E-state index contributed by atoms with van der Waals surface area (Å²) >= 11 is 5.87. The van der Waals surface area contributed by atoms with Gasteiger partial charge in [-0.15, -0.1) is 0 Å². The topological polar surface area (TPSA) is 50.2 Å². The van der Waals surface area contributed by atoms with Gasteiger partial charge in [-0.2, -0.15) is 18.3 Å². The Bertz CT molecular complexity index is 1010. The number of halogens is 4. The van der Waals surface area contributed by atoms with Crippen LogP contribution in [-0.4, -0.2) is 29.8 Å². The van der Waals surface area contributed by atoms with Crippen LogP contribution in [0.4, 0.5) is 18.9 Å². The summed E-state index contributed by atoms with van der Waals surface area (Å²) in [5.41, 5.74) is 0.146. The van der Waals surface area contributed by atoms with Crippen molar-refractivity contribution in [3.05, 3.63) is 76.6 Å². The maximum absolute atomic E-state index is 13.7. The van der Waals surface area contributed by atoms with Gasteiger partial charge in [0.25, 0.3) is 5.91 Å². The lowest BCUT2D eigenvalue weighted by Gasteiger charge is -2.14. The Hall–Kier alpha value is -3.00. The van der Waals surface area contributed by atoms with Gasteiger partial charge in [-0.3, -0.25) is 4.79 Å². The lowest BCUT2D eigenvalue weighted by Crippen LogP contribution is -2.26. The number of hydrogen-bond donors (Lipinski definition) is 1. The molecule has 0 unspecified atom stereocenters. The van der Waals surface area contributed by atoms with E-state index in [-0.39, 0.29) is 17.3 Å². The van der Waals surface area contributed by atoms with Gasteiger partial charge in [-0.25, -0.2) is 4.68 Å². The summed E-state index contributed by atoms with van der Waals surface area (Å²) in [4.78, 5) is 14.4. The van der Waals surface area contributed by atoms with Gasteiger partial charge in [0.2, 0.25) is 0 Å². The molecule has 0 radical (unpaired) electrons. The first kappa shape index (κ1) is 20.7. The van der Waals surface area contributed by atoms with Crippen molar-refractivity contribution in [2.45, 2.75) is 12.7 Å². The highest BCUT2D eigenvalue weighted by Crippen LogP contribution is 2.34. The average molecular weight is 423 g/mol. The number of amides is 1. The number of alkyl halides is 3. The zero-order valence-corrected chi connectivity index (χ0v) is 16.4. The van der Waals surface area contributed by atoms with E-state index in [0.717, 1.165) is 17.4 Å². The van der Waals surface area contributed by atoms with E-state index in [1.54, 1.807) is 12.1 Å². The summed E-state index contributed by atoms with van der Waals surface area (Å²) in [6.07, 6.45) is -3.87. The second-order valence-corrected chi connectivity index (χ2v) is 6.98. The van der Waals surface area contributed by atoms with Crippen LogP contribution in [0, 0.1) is 0 Å². The predicted molar refractivity (Wildman–Crippen MR) is 106 cm³/mol. The largest absolute Gasteiger partial charge is 0.434 e. The van der Waals surface area contributed by atoms with Crippen LogP contribution >= 0.6 is 11.6 Å². The molecule has 3 rings (SSSR count). The highest BCUT2D eigenvalue weighted by Gasteiger charge is 2.40. The molecule has 1 N–H and O–H groups in total. The Morgan fingerprint density at radius 2 is 1.86 bits per heavy atom. The Labute approximate surface area is 170 Å². The SMILES string of the molecule is CN(C)c1ccc(CNC(=O)c2cnn(-c3cccc(Cl)c3)c2C(F)(F)F)cc1. The summed E-state index contributed by atoms with van der Waals surface area (Å²) in [5, 5.41) is 6.56. The normalized spacial score (nSPS) is 11.4. The van der Waals surface area contributed by atoms with E-state index in [4.69, 9.17) is 11.6 Å². The highest BCUT2D eigenvalue weighted by atomic mass is 35.5. The first-order valence-electron chi connectivity index (χ1n) is 8.62. The van der Waals surface area contributed by atoms with Gasteiger partial charge in [-0.1, -0.05) is 29.8 Å². The minimum absolute atomic E-state index is 0.0895. The van der Waals surface area contributed by atoms with Crippen molar-refractivity contribution in [2.75, 3.05) is 19.0 Å². The molecule has 0 atom stereocenters. The fourth-order valence-corrected chi connectivity index (χ4v) is 2.97. The number of carbonyl (C=O) groups excluding carboxylic acids is 1. The quantitative estimate of drug-likeness (QED) is 0.656. The minimum Gasteiger partial charge on any atom is -0.378 e. The fourth-order valence-electron chi connectivity index (χ4n) is 2.78. The molecule has 1 heterocycles. The summed E-state index contributed by atoms with van der Waals surface area (Å²) in [6, 6.07) is 13.2. The molecule has 152 valence electrons. The maximum atomic E-state index is 13.7. The van der Waals surface area contributed by atoms with E-state index in [2.05, 4.69) is 10.4 Å². The van der Waals surface area contributed by atoms with E-state index in [0.29, 0.717) is 4.68 Å². The first-order valence-corrected chi connectivity index (χ1v) is 9.00. The maximum Gasteiger partial charge on any atom is 0.434 e. The predicted octanol–water partition coefficient (Wildman–Crippen LogP) is 4.54. The summed E-state index contributed by atoms with van der Waals surface area (Å²) < 4.78 is 41.8. The standard InChI is InChI=1S/C20H18ClF3N4O/c1-27(2)15-8-6-13(7-9-15)11-25-19(29)17-12-26-28(18(17)20(22,23)24)16-5-3-4-14(21)10-16/h3-10,12H,11H2,1-2H3,(H,25,29). The van der Waals surface area contributed by atoms with Crippen molar-refractivity contribution in [1.82, 2.24) is 15.1 Å². The van der Waals surface area contributed by atoms with Crippen molar-refractivity contribution in [3.8, 4) is 5.69 Å². The number of nitrogens with one attached hydrogen (secondary N) is 1. The minimum atomic E-state index is -4.78. The molecule has 2 aromatic carbocycles. The molecule has 0 saturated carbocycles. The third-order valence-electron chi connectivity index (χ3n) is 4.24. The third kappa shape index (κ3) is 4.71. The van der Waals surface area contributed by atoms with Crippen LogP contribution in [0.5, 0.6) is 0 Å². The third-order valence-corrected chi connectivity index (χ3v) is 4.48. The van der Waals surface area contributed by atoms with Crippen LogP contribution in [0.2, 0.25) is 5.02 Å². The average Bonchev–Trinajstić information content (AvgIpc) is 3.12. The molecule has 3 aromatic rings. The lowest BCUT2D eigenvalue weighted by molar-refractivity contribution is -0.143. The molecule has 5 nitrogen and oxygen atoms in total. The van der Waals surface area contributed by atoms with Crippen molar-refractivity contribution >= 4 is 23.2 Å². The monoisotopic (exact) mass is 422 g/mol. The molecule has 29 heavy (non-hydrogen) atoms. The molecule has 1 amide bonds. The van der Waals surface area contributed by atoms with Crippen LogP contribution in [0.15, 0.2) is 54.7 Å². The second kappa shape index (κ2) is 8.16. The number of rotatable bonds is 5. The number of hydrogen-bond acceptors (Lipinski definition) is 3. The lowest BCUT2D eigenvalue weighted by atomic mass is 10.1. The van der Waals surface area contributed by atoms with Crippen LogP contribution in [0.1, 0.15) is 21.6 Å². The number of anilines is 1. The number of aromatic nitrogens is 2. The van der Waals surface area contributed by atoms with Crippen molar-refractivity contribution < 1.29 is 18.0 Å². The van der Waals surface area contributed by atoms with Crippen molar-refractivity contribution in [1.29, 1.82) is 0 Å². The van der Waals surface area contributed by atoms with Gasteiger partial charge in [0, 0.05) is 31.4 Å². The smallest absolute Gasteiger partial charge is 0.378 e. The number of carbonyl (C=O) groups is 1. The van der Waals surface area contributed by atoms with Gasteiger partial charge in [0.15, 0.2) is 5.69 Å². The van der Waals surface area contributed by atoms with E-state index >= 15 is 0 Å². The van der Waals surface area contributed by atoms with E-state index in [1.807, 2.05) is 31.1 Å². The molecule has 0 aliphatic heterocycles. The molecule has 0 aliphatic rings. The molecule has 0 saturated heterocycles. The Kier molecular flexibility index (Phi) is 5.83. The summed E-state index contributed by atoms with van der Waals surface area (Å²) in [7, 11) is 3.79. The van der Waals surface area contributed by atoms with Crippen LogP contribution in [-0.2, 0) is 12.7 Å². The molecule has 0 spiro atoms. The fraction of sp³-hybridized carbons (Fsp3) is 0.200. The van der Waals surface area contributed by atoms with Crippen LogP contribution in [0.3, 0.4) is 0 Å². The van der Waals surface area contributed by atoms with Gasteiger partial charge < -0.3 is 10.2 Å². The summed E-state index contributed by atoms with van der Waals surface area (Å²) in [6.45, 7) is 0.0895. The molecule has 0 bridgehead atoms. The number of nitrogens with zero attached hydrogens (tertiary/aromatic N) is 3. The van der Waals surface area contributed by atoms with Crippen molar-refractivity contribution in [3.63, 3.8) is 0 Å². The van der Waals surface area contributed by atoms with E-state index in [9.17, 15) is 18.0 Å². The van der Waals surface area contributed by atoms with E-state index in [1.165, 1.54) is 24.3 Å². The zero-order valence-electron chi connectivity index (χ0n) is 15.7. The summed E-state index contributed by atoms with van der Waals surface area (Å²) in [5.74, 6) is -0.859. The Morgan fingerprint density at radius 1 is 1.17 bits per heavy atom. The first-order chi connectivity index (χ1) is 13.7. The molecule has 9 heteroatoms. The molecular formula is C20H18ClF3N4O. The molecule has 0 fully saturated rings. The second-order valence-electron chi connectivity index (χ2n) is 6.54. The molecule has 0 aliphatic carbocycles. The number of benzene rings is 2. The van der Waals surface area contributed by atoms with Gasteiger partial charge in [-0.05, 0) is 35.9 Å². The van der Waals surface area contributed by atoms with Gasteiger partial charge in [0.05, 0.1) is 17.4 Å². The van der Waals surface area contributed by atoms with Gasteiger partial charge in [0.1, 0.15) is 0 Å². The Morgan fingerprint density at radius 3 is 2.45 bits per heavy atom. The highest BCUT2D eigenvalue weighted by molar-refractivity contribution is 6.30. The van der Waals surface area contributed by atoms with Crippen LogP contribution < -0.4 is 10.2 Å².